The van der Waals surface area contributed by atoms with Crippen LogP contribution in [-0.2, 0) is 15.8 Å². The van der Waals surface area contributed by atoms with E-state index in [1.54, 1.807) is 26.0 Å². The van der Waals surface area contributed by atoms with Crippen LogP contribution >= 0.6 is 0 Å². The zero-order chi connectivity index (χ0) is 15.8. The minimum absolute atomic E-state index is 0.0806. The summed E-state index contributed by atoms with van der Waals surface area (Å²) in [6.45, 7) is 3.28. The number of nitrogens with zero attached hydrogens (tertiary/aromatic N) is 2. The molecule has 2 rings (SSSR count). The van der Waals surface area contributed by atoms with E-state index >= 15 is 0 Å². The molecule has 0 radical (unpaired) electrons. The van der Waals surface area contributed by atoms with Gasteiger partial charge in [-0.3, -0.25) is 0 Å². The third-order valence-electron chi connectivity index (χ3n) is 4.26. The predicted molar refractivity (Wildman–Crippen MR) is 78.3 cm³/mol. The number of rotatable bonds is 5. The van der Waals surface area contributed by atoms with Crippen molar-refractivity contribution in [1.82, 2.24) is 4.31 Å². The molecule has 4 nitrogen and oxygen atoms in total. The van der Waals surface area contributed by atoms with Crippen LogP contribution in [0.25, 0.3) is 0 Å². The van der Waals surface area contributed by atoms with Crippen molar-refractivity contribution in [2.45, 2.75) is 38.0 Å². The second-order valence-corrected chi connectivity index (χ2v) is 7.84. The smallest absolute Gasteiger partial charge is 0.212 e. The van der Waals surface area contributed by atoms with E-state index in [1.807, 2.05) is 0 Å². The van der Waals surface area contributed by atoms with Crippen molar-refractivity contribution in [3.63, 3.8) is 0 Å². The van der Waals surface area contributed by atoms with Crippen molar-refractivity contribution in [3.05, 3.63) is 35.1 Å². The van der Waals surface area contributed by atoms with Crippen molar-refractivity contribution in [2.75, 3.05) is 7.05 Å². The summed E-state index contributed by atoms with van der Waals surface area (Å²) < 4.78 is 39.7. The maximum absolute atomic E-state index is 13.5. The van der Waals surface area contributed by atoms with Gasteiger partial charge in [0, 0.05) is 7.05 Å². The van der Waals surface area contributed by atoms with Crippen molar-refractivity contribution in [1.29, 1.82) is 5.26 Å². The first kappa shape index (κ1) is 15.9. The number of benzene rings is 1. The van der Waals surface area contributed by atoms with Gasteiger partial charge in [0.1, 0.15) is 11.4 Å². The van der Waals surface area contributed by atoms with Crippen LogP contribution in [-0.4, -0.2) is 25.3 Å². The first-order valence-corrected chi connectivity index (χ1v) is 8.44. The standard InChI is InChI=1S/C15H19FN2O2S/c1-11-4-5-12(8-14(11)16)9-21(19,20)18(3)15(2,10-17)13-6-7-13/h4-5,8,13H,6-7,9H2,1-3H3. The minimum Gasteiger partial charge on any atom is -0.212 e. The Morgan fingerprint density at radius 2 is 2.10 bits per heavy atom. The average Bonchev–Trinajstić information content (AvgIpc) is 3.25. The van der Waals surface area contributed by atoms with Crippen molar-refractivity contribution in [2.24, 2.45) is 5.92 Å². The Hall–Kier alpha value is -1.45. The van der Waals surface area contributed by atoms with Crippen LogP contribution in [0.4, 0.5) is 4.39 Å². The summed E-state index contributed by atoms with van der Waals surface area (Å²) in [6.07, 6.45) is 1.73. The Kier molecular flexibility index (Phi) is 4.09. The van der Waals surface area contributed by atoms with Gasteiger partial charge in [-0.1, -0.05) is 12.1 Å². The summed E-state index contributed by atoms with van der Waals surface area (Å²) in [5.41, 5.74) is -0.160. The Balaban J connectivity index is 2.25. The van der Waals surface area contributed by atoms with E-state index in [0.29, 0.717) is 11.1 Å². The molecule has 0 heterocycles. The highest BCUT2D eigenvalue weighted by molar-refractivity contribution is 7.88. The van der Waals surface area contributed by atoms with E-state index in [0.717, 1.165) is 17.1 Å². The zero-order valence-electron chi connectivity index (χ0n) is 12.4. The van der Waals surface area contributed by atoms with E-state index in [4.69, 9.17) is 0 Å². The predicted octanol–water partition coefficient (Wildman–Crippen LogP) is 2.59. The molecule has 0 amide bonds. The first-order valence-electron chi connectivity index (χ1n) is 6.83. The molecule has 0 aromatic heterocycles. The Morgan fingerprint density at radius 1 is 1.48 bits per heavy atom. The van der Waals surface area contributed by atoms with E-state index in [1.165, 1.54) is 13.1 Å². The summed E-state index contributed by atoms with van der Waals surface area (Å²) in [5, 5.41) is 9.36. The molecule has 1 aliphatic carbocycles. The van der Waals surface area contributed by atoms with Crippen LogP contribution in [0.5, 0.6) is 0 Å². The first-order chi connectivity index (χ1) is 9.70. The Bertz CT molecular complexity index is 692. The van der Waals surface area contributed by atoms with Crippen molar-refractivity contribution in [3.8, 4) is 6.07 Å². The van der Waals surface area contributed by atoms with Gasteiger partial charge in [0.25, 0.3) is 0 Å². The highest BCUT2D eigenvalue weighted by Gasteiger charge is 2.48. The molecule has 1 aromatic rings. The summed E-state index contributed by atoms with van der Waals surface area (Å²) >= 11 is 0. The fourth-order valence-corrected chi connectivity index (χ4v) is 3.95. The van der Waals surface area contributed by atoms with Crippen LogP contribution in [0.3, 0.4) is 0 Å². The molecule has 0 spiro atoms. The molecule has 1 unspecified atom stereocenters. The lowest BCUT2D eigenvalue weighted by molar-refractivity contribution is 0.276. The highest BCUT2D eigenvalue weighted by Crippen LogP contribution is 2.43. The maximum atomic E-state index is 13.5. The molecule has 0 N–H and O–H groups in total. The second kappa shape index (κ2) is 5.39. The summed E-state index contributed by atoms with van der Waals surface area (Å²) in [5.74, 6) is -0.641. The minimum atomic E-state index is -3.67. The van der Waals surface area contributed by atoms with E-state index in [9.17, 15) is 18.1 Å². The van der Waals surface area contributed by atoms with Crippen LogP contribution in [0.15, 0.2) is 18.2 Å². The molecule has 0 bridgehead atoms. The molecule has 1 atom stereocenters. The molecule has 1 aliphatic rings. The van der Waals surface area contributed by atoms with Crippen LogP contribution in [0.2, 0.25) is 0 Å². The molecule has 0 saturated heterocycles. The third kappa shape index (κ3) is 3.09. The maximum Gasteiger partial charge on any atom is 0.219 e. The number of sulfonamides is 1. The highest BCUT2D eigenvalue weighted by atomic mass is 32.2. The van der Waals surface area contributed by atoms with Crippen molar-refractivity contribution < 1.29 is 12.8 Å². The van der Waals surface area contributed by atoms with Gasteiger partial charge in [0.05, 0.1) is 11.8 Å². The molecule has 1 aromatic carbocycles. The monoisotopic (exact) mass is 310 g/mol. The Labute approximate surface area is 125 Å². The molecule has 0 aliphatic heterocycles. The normalized spacial score (nSPS) is 18.3. The number of nitriles is 1. The largest absolute Gasteiger partial charge is 0.219 e. The molecule has 114 valence electrons. The fourth-order valence-electron chi connectivity index (χ4n) is 2.39. The molecule has 1 saturated carbocycles. The second-order valence-electron chi connectivity index (χ2n) is 5.84. The average molecular weight is 310 g/mol. The fraction of sp³-hybridized carbons (Fsp3) is 0.533. The summed E-state index contributed by atoms with van der Waals surface area (Å²) in [7, 11) is -2.24. The third-order valence-corrected chi connectivity index (χ3v) is 6.17. The van der Waals surface area contributed by atoms with Crippen LogP contribution in [0.1, 0.15) is 30.9 Å². The Morgan fingerprint density at radius 3 is 2.57 bits per heavy atom. The van der Waals surface area contributed by atoms with Gasteiger partial charge in [-0.15, -0.1) is 0 Å². The van der Waals surface area contributed by atoms with Gasteiger partial charge in [-0.2, -0.15) is 9.57 Å². The van der Waals surface area contributed by atoms with Gasteiger partial charge < -0.3 is 0 Å². The van der Waals surface area contributed by atoms with Gasteiger partial charge >= 0.3 is 0 Å². The van der Waals surface area contributed by atoms with E-state index in [-0.39, 0.29) is 11.7 Å². The summed E-state index contributed by atoms with van der Waals surface area (Å²) in [6, 6.07) is 6.52. The SMILES string of the molecule is Cc1ccc(CS(=O)(=O)N(C)C(C)(C#N)C2CC2)cc1F. The molecule has 1 fully saturated rings. The summed E-state index contributed by atoms with van der Waals surface area (Å²) in [4.78, 5) is 0. The lowest BCUT2D eigenvalue weighted by Crippen LogP contribution is -2.48. The van der Waals surface area contributed by atoms with E-state index < -0.39 is 21.4 Å². The van der Waals surface area contributed by atoms with Gasteiger partial charge in [0.2, 0.25) is 10.0 Å². The van der Waals surface area contributed by atoms with Crippen LogP contribution < -0.4 is 0 Å². The zero-order valence-corrected chi connectivity index (χ0v) is 13.2. The number of halogens is 1. The molecule has 21 heavy (non-hydrogen) atoms. The molecular weight excluding hydrogens is 291 g/mol. The quantitative estimate of drug-likeness (QED) is 0.840. The molecular formula is C15H19FN2O2S. The van der Waals surface area contributed by atoms with Crippen molar-refractivity contribution >= 4 is 10.0 Å². The van der Waals surface area contributed by atoms with Gasteiger partial charge in [-0.25, -0.2) is 12.8 Å². The van der Waals surface area contributed by atoms with E-state index in [2.05, 4.69) is 6.07 Å². The molecule has 6 heteroatoms. The lowest BCUT2D eigenvalue weighted by Gasteiger charge is -2.32. The number of aryl methyl sites for hydroxylation is 1. The van der Waals surface area contributed by atoms with Crippen LogP contribution in [0, 0.1) is 30.0 Å². The number of hydrogen-bond acceptors (Lipinski definition) is 3. The van der Waals surface area contributed by atoms with Gasteiger partial charge in [-0.05, 0) is 49.8 Å². The number of hydrogen-bond donors (Lipinski definition) is 0. The van der Waals surface area contributed by atoms with Gasteiger partial charge in [0.15, 0.2) is 0 Å². The topological polar surface area (TPSA) is 61.2 Å². The lowest BCUT2D eigenvalue weighted by atomic mass is 9.99.